The van der Waals surface area contributed by atoms with E-state index in [0.717, 1.165) is 14.5 Å². The third kappa shape index (κ3) is 2.80. The first-order valence-electron chi connectivity index (χ1n) is 3.61. The summed E-state index contributed by atoms with van der Waals surface area (Å²) in [6.45, 7) is 6.73. The highest BCUT2D eigenvalue weighted by Crippen LogP contribution is 2.26. The zero-order valence-electron chi connectivity index (χ0n) is 6.67. The molecule has 0 bridgehead atoms. The van der Waals surface area contributed by atoms with E-state index in [4.69, 9.17) is 6.57 Å². The number of hydrogen-bond donors (Lipinski definition) is 1. The van der Waals surface area contributed by atoms with Crippen molar-refractivity contribution in [1.82, 2.24) is 0 Å². The maximum atomic E-state index is 9.49. The Labute approximate surface area is 93.7 Å². The van der Waals surface area contributed by atoms with E-state index in [1.165, 1.54) is 0 Å². The molecule has 0 saturated carbocycles. The minimum absolute atomic E-state index is 0.105. The topological polar surface area (TPSA) is 24.6 Å². The molecule has 1 unspecified atom stereocenters. The molecule has 0 radical (unpaired) electrons. The fourth-order valence-electron chi connectivity index (χ4n) is 0.912. The summed E-state index contributed by atoms with van der Waals surface area (Å²) in [6, 6.07) is 5.44. The van der Waals surface area contributed by atoms with Crippen molar-refractivity contribution in [2.24, 2.45) is 0 Å². The molecule has 2 nitrogen and oxygen atoms in total. The minimum atomic E-state index is -0.693. The van der Waals surface area contributed by atoms with Crippen LogP contribution in [0.3, 0.4) is 0 Å². The van der Waals surface area contributed by atoms with Crippen molar-refractivity contribution in [2.45, 2.75) is 6.10 Å². The van der Waals surface area contributed by atoms with Gasteiger partial charge in [0.05, 0.1) is 0 Å². The van der Waals surface area contributed by atoms with Crippen molar-refractivity contribution < 1.29 is 5.11 Å². The Bertz CT molecular complexity index is 346. The van der Waals surface area contributed by atoms with Gasteiger partial charge in [-0.05, 0) is 49.6 Å². The molecule has 4 heteroatoms. The Morgan fingerprint density at radius 1 is 1.38 bits per heavy atom. The van der Waals surface area contributed by atoms with E-state index in [1.54, 1.807) is 12.1 Å². The van der Waals surface area contributed by atoms with E-state index >= 15 is 0 Å². The fraction of sp³-hybridized carbons (Fsp3) is 0.222. The zero-order valence-corrected chi connectivity index (χ0v) is 9.84. The quantitative estimate of drug-likeness (QED) is 0.834. The van der Waals surface area contributed by atoms with E-state index in [9.17, 15) is 5.11 Å². The number of hydrogen-bond acceptors (Lipinski definition) is 1. The van der Waals surface area contributed by atoms with E-state index in [0.29, 0.717) is 0 Å². The van der Waals surface area contributed by atoms with Gasteiger partial charge in [0.25, 0.3) is 0 Å². The van der Waals surface area contributed by atoms with Gasteiger partial charge in [-0.2, -0.15) is 0 Å². The van der Waals surface area contributed by atoms with Gasteiger partial charge in [0.2, 0.25) is 6.54 Å². The van der Waals surface area contributed by atoms with Crippen molar-refractivity contribution in [3.8, 4) is 0 Å². The number of aliphatic hydroxyl groups excluding tert-OH is 1. The molecule has 0 amide bonds. The number of aliphatic hydroxyl groups is 1. The maximum absolute atomic E-state index is 9.49. The van der Waals surface area contributed by atoms with Crippen molar-refractivity contribution in [2.75, 3.05) is 6.54 Å². The van der Waals surface area contributed by atoms with Crippen LogP contribution in [0.5, 0.6) is 0 Å². The van der Waals surface area contributed by atoms with Crippen LogP contribution in [0.4, 0.5) is 0 Å². The molecule has 1 N–H and O–H groups in total. The molecule has 0 aliphatic carbocycles. The molecule has 0 aliphatic rings. The summed E-state index contributed by atoms with van der Waals surface area (Å²) in [5.41, 5.74) is 0.756. The molecule has 0 saturated heterocycles. The van der Waals surface area contributed by atoms with Gasteiger partial charge in [-0.1, -0.05) is 6.07 Å². The van der Waals surface area contributed by atoms with Crippen LogP contribution in [0, 0.1) is 6.57 Å². The molecule has 1 rings (SSSR count). The Kier molecular flexibility index (Phi) is 3.91. The predicted octanol–water partition coefficient (Wildman–Crippen LogP) is 3.16. The molecular formula is C9H7Br2NO. The van der Waals surface area contributed by atoms with Crippen molar-refractivity contribution in [3.63, 3.8) is 0 Å². The lowest BCUT2D eigenvalue weighted by Crippen LogP contribution is -1.99. The lowest BCUT2D eigenvalue weighted by Gasteiger charge is -2.05. The lowest BCUT2D eigenvalue weighted by molar-refractivity contribution is 0.195. The van der Waals surface area contributed by atoms with Gasteiger partial charge in [0.15, 0.2) is 6.10 Å². The highest BCUT2D eigenvalue weighted by molar-refractivity contribution is 9.13. The second-order valence-corrected chi connectivity index (χ2v) is 4.24. The van der Waals surface area contributed by atoms with Gasteiger partial charge >= 0.3 is 0 Å². The Morgan fingerprint density at radius 3 is 2.62 bits per heavy atom. The second-order valence-electron chi connectivity index (χ2n) is 2.53. The van der Waals surface area contributed by atoms with Gasteiger partial charge in [-0.25, -0.2) is 6.57 Å². The van der Waals surface area contributed by atoms with Gasteiger partial charge in [0.1, 0.15) is 0 Å². The summed E-state index contributed by atoms with van der Waals surface area (Å²) in [7, 11) is 0. The largest absolute Gasteiger partial charge is 0.381 e. The summed E-state index contributed by atoms with van der Waals surface area (Å²) in [5, 5.41) is 9.49. The third-order valence-electron chi connectivity index (χ3n) is 1.59. The van der Waals surface area contributed by atoms with Gasteiger partial charge in [-0.3, -0.25) is 0 Å². The summed E-state index contributed by atoms with van der Waals surface area (Å²) in [6.07, 6.45) is -0.693. The molecule has 0 aromatic heterocycles. The monoisotopic (exact) mass is 303 g/mol. The Morgan fingerprint density at radius 2 is 2.08 bits per heavy atom. The first-order chi connectivity index (χ1) is 6.15. The number of benzene rings is 1. The summed E-state index contributed by atoms with van der Waals surface area (Å²) >= 11 is 6.66. The average Bonchev–Trinajstić information content (AvgIpc) is 2.10. The van der Waals surface area contributed by atoms with Crippen LogP contribution in [-0.4, -0.2) is 11.7 Å². The van der Waals surface area contributed by atoms with Gasteiger partial charge in [-0.15, -0.1) is 0 Å². The van der Waals surface area contributed by atoms with Crippen LogP contribution in [0.15, 0.2) is 27.1 Å². The van der Waals surface area contributed by atoms with E-state index in [1.807, 2.05) is 6.07 Å². The van der Waals surface area contributed by atoms with Crippen LogP contribution in [0.2, 0.25) is 0 Å². The summed E-state index contributed by atoms with van der Waals surface area (Å²) < 4.78 is 1.82. The van der Waals surface area contributed by atoms with Crippen molar-refractivity contribution in [3.05, 3.63) is 44.1 Å². The van der Waals surface area contributed by atoms with Crippen LogP contribution >= 0.6 is 31.9 Å². The number of halogens is 2. The standard InChI is InChI=1S/C9H7Br2NO/c1-12-5-9(13)6-2-3-7(10)8(11)4-6/h2-4,9,13H,5H2. The average molecular weight is 305 g/mol. The summed E-state index contributed by atoms with van der Waals surface area (Å²) in [5.74, 6) is 0. The second kappa shape index (κ2) is 4.75. The van der Waals surface area contributed by atoms with Crippen LogP contribution in [0.25, 0.3) is 4.85 Å². The highest BCUT2D eigenvalue weighted by atomic mass is 79.9. The molecule has 0 aliphatic heterocycles. The minimum Gasteiger partial charge on any atom is -0.381 e. The lowest BCUT2D eigenvalue weighted by atomic mass is 10.1. The highest BCUT2D eigenvalue weighted by Gasteiger charge is 2.10. The molecule has 0 spiro atoms. The molecule has 0 heterocycles. The summed E-state index contributed by atoms with van der Waals surface area (Å²) in [4.78, 5) is 3.14. The number of rotatable bonds is 2. The normalized spacial score (nSPS) is 12.2. The van der Waals surface area contributed by atoms with Crippen LogP contribution < -0.4 is 0 Å². The molecule has 1 aromatic rings. The Hall–Kier alpha value is -0.370. The molecule has 13 heavy (non-hydrogen) atoms. The van der Waals surface area contributed by atoms with Crippen molar-refractivity contribution >= 4 is 31.9 Å². The zero-order chi connectivity index (χ0) is 9.84. The van der Waals surface area contributed by atoms with Gasteiger partial charge < -0.3 is 9.95 Å². The fourth-order valence-corrected chi connectivity index (χ4v) is 1.55. The SMILES string of the molecule is [C-]#[N+]CC(O)c1ccc(Br)c(Br)c1. The molecule has 1 aromatic carbocycles. The molecule has 68 valence electrons. The predicted molar refractivity (Wildman–Crippen MR) is 58.3 cm³/mol. The van der Waals surface area contributed by atoms with Crippen LogP contribution in [-0.2, 0) is 0 Å². The molecular weight excluding hydrogens is 298 g/mol. The van der Waals surface area contributed by atoms with Gasteiger partial charge in [0, 0.05) is 8.95 Å². The Balaban J connectivity index is 2.91. The van der Waals surface area contributed by atoms with Crippen LogP contribution in [0.1, 0.15) is 11.7 Å². The first kappa shape index (κ1) is 10.7. The third-order valence-corrected chi connectivity index (χ3v) is 3.47. The number of nitrogens with zero attached hydrogens (tertiary/aromatic N) is 1. The van der Waals surface area contributed by atoms with Crippen molar-refractivity contribution in [1.29, 1.82) is 0 Å². The smallest absolute Gasteiger partial charge is 0.244 e. The van der Waals surface area contributed by atoms with E-state index < -0.39 is 6.10 Å². The van der Waals surface area contributed by atoms with E-state index in [-0.39, 0.29) is 6.54 Å². The maximum Gasteiger partial charge on any atom is 0.244 e. The molecule has 0 fully saturated rings. The van der Waals surface area contributed by atoms with E-state index in [2.05, 4.69) is 36.7 Å². The first-order valence-corrected chi connectivity index (χ1v) is 5.20. The molecule has 1 atom stereocenters.